The number of rotatable bonds is 1. The van der Waals surface area contributed by atoms with Gasteiger partial charge < -0.3 is 0 Å². The average molecular weight is 150 g/mol. The van der Waals surface area contributed by atoms with Crippen molar-refractivity contribution in [2.45, 2.75) is 0 Å². The second-order valence-corrected chi connectivity index (χ2v) is 2.07. The van der Waals surface area contributed by atoms with E-state index < -0.39 is 0 Å². The van der Waals surface area contributed by atoms with E-state index in [0.29, 0.717) is 5.95 Å². The van der Waals surface area contributed by atoms with Gasteiger partial charge in [-0.25, -0.2) is 9.67 Å². The summed E-state index contributed by atoms with van der Waals surface area (Å²) < 4.78 is 3.31. The monoisotopic (exact) mass is 150 g/mol. The van der Waals surface area contributed by atoms with Crippen LogP contribution in [0, 0.1) is 0 Å². The quantitative estimate of drug-likeness (QED) is 0.544. The molecule has 0 amide bonds. The van der Waals surface area contributed by atoms with Crippen LogP contribution in [0.2, 0.25) is 0 Å². The second-order valence-electron chi connectivity index (χ2n) is 2.07. The van der Waals surface area contributed by atoms with Crippen LogP contribution in [0.3, 0.4) is 0 Å². The summed E-state index contributed by atoms with van der Waals surface area (Å²) in [6.07, 6.45) is 5.10. The van der Waals surface area contributed by atoms with Crippen molar-refractivity contribution >= 4 is 0 Å². The summed E-state index contributed by atoms with van der Waals surface area (Å²) >= 11 is 0. The Bertz CT molecular complexity index is 333. The Balaban J connectivity index is 2.53. The summed E-state index contributed by atoms with van der Waals surface area (Å²) in [6, 6.07) is 0. The molecule has 0 atom stereocenters. The molecular formula is C5H6N6. The van der Waals surface area contributed by atoms with Crippen molar-refractivity contribution < 1.29 is 0 Å². The van der Waals surface area contributed by atoms with Crippen LogP contribution >= 0.6 is 0 Å². The zero-order chi connectivity index (χ0) is 7.68. The van der Waals surface area contributed by atoms with Crippen molar-refractivity contribution in [3.8, 4) is 5.95 Å². The van der Waals surface area contributed by atoms with E-state index in [4.69, 9.17) is 0 Å². The summed E-state index contributed by atoms with van der Waals surface area (Å²) in [5.74, 6) is 0.655. The highest BCUT2D eigenvalue weighted by molar-refractivity contribution is 5.06. The molecule has 0 radical (unpaired) electrons. The lowest BCUT2D eigenvalue weighted by atomic mass is 10.8. The highest BCUT2D eigenvalue weighted by Gasteiger charge is 2.01. The van der Waals surface area contributed by atoms with Gasteiger partial charge in [-0.05, 0) is 10.4 Å². The minimum Gasteiger partial charge on any atom is -0.273 e. The molecule has 0 aliphatic carbocycles. The van der Waals surface area contributed by atoms with Crippen molar-refractivity contribution in [1.82, 2.24) is 29.8 Å². The lowest BCUT2D eigenvalue weighted by molar-refractivity contribution is 0.691. The van der Waals surface area contributed by atoms with Gasteiger partial charge >= 0.3 is 0 Å². The highest BCUT2D eigenvalue weighted by Crippen LogP contribution is 1.96. The Morgan fingerprint density at radius 2 is 2.36 bits per heavy atom. The van der Waals surface area contributed by atoms with E-state index in [0.717, 1.165) is 0 Å². The molecule has 0 unspecified atom stereocenters. The summed E-state index contributed by atoms with van der Waals surface area (Å²) in [4.78, 5) is 3.87. The molecule has 56 valence electrons. The molecule has 0 fully saturated rings. The Kier molecular flexibility index (Phi) is 1.18. The first-order chi connectivity index (χ1) is 5.38. The normalized spacial score (nSPS) is 10.3. The van der Waals surface area contributed by atoms with Crippen molar-refractivity contribution in [2.75, 3.05) is 0 Å². The van der Waals surface area contributed by atoms with Crippen LogP contribution in [0.25, 0.3) is 5.95 Å². The minimum absolute atomic E-state index is 0.655. The number of imidazole rings is 1. The number of tetrazole rings is 1. The molecular weight excluding hydrogens is 144 g/mol. The van der Waals surface area contributed by atoms with Crippen LogP contribution in [0.1, 0.15) is 0 Å². The first-order valence-corrected chi connectivity index (χ1v) is 3.08. The molecule has 0 saturated heterocycles. The molecule has 2 aromatic heterocycles. The molecule has 6 nitrogen and oxygen atoms in total. The molecule has 2 aromatic rings. The van der Waals surface area contributed by atoms with Gasteiger partial charge in [-0.15, -0.1) is 0 Å². The lowest BCUT2D eigenvalue weighted by Crippen LogP contribution is -2.01. The summed E-state index contributed by atoms with van der Waals surface area (Å²) in [5, 5.41) is 11.0. The fourth-order valence-electron chi connectivity index (χ4n) is 0.821. The Labute approximate surface area is 62.5 Å². The van der Waals surface area contributed by atoms with Crippen molar-refractivity contribution in [3.63, 3.8) is 0 Å². The van der Waals surface area contributed by atoms with E-state index in [9.17, 15) is 0 Å². The Hall–Kier alpha value is -1.72. The standard InChI is InChI=1S/C5H6N6/c1-10-5(7-8-9-10)11-3-2-6-4-11/h2-4H,1H3. The van der Waals surface area contributed by atoms with E-state index >= 15 is 0 Å². The Morgan fingerprint density at radius 1 is 1.45 bits per heavy atom. The SMILES string of the molecule is Cn1nnnc1-n1ccnc1. The number of aromatic nitrogens is 6. The molecule has 0 aromatic carbocycles. The first kappa shape index (κ1) is 6.02. The maximum Gasteiger partial charge on any atom is 0.254 e. The molecule has 0 saturated carbocycles. The van der Waals surface area contributed by atoms with Crippen molar-refractivity contribution in [1.29, 1.82) is 0 Å². The molecule has 11 heavy (non-hydrogen) atoms. The third-order valence-electron chi connectivity index (χ3n) is 1.33. The summed E-state index contributed by atoms with van der Waals surface area (Å²) in [5.41, 5.74) is 0. The van der Waals surface area contributed by atoms with Gasteiger partial charge in [0.05, 0.1) is 0 Å². The zero-order valence-corrected chi connectivity index (χ0v) is 5.92. The summed E-state index contributed by atoms with van der Waals surface area (Å²) in [7, 11) is 1.77. The maximum atomic E-state index is 3.87. The summed E-state index contributed by atoms with van der Waals surface area (Å²) in [6.45, 7) is 0. The predicted molar refractivity (Wildman–Crippen MR) is 35.9 cm³/mol. The molecule has 0 spiro atoms. The van der Waals surface area contributed by atoms with Gasteiger partial charge in [0.25, 0.3) is 5.95 Å². The van der Waals surface area contributed by atoms with E-state index in [2.05, 4.69) is 20.5 Å². The lowest BCUT2D eigenvalue weighted by Gasteiger charge is -1.95. The van der Waals surface area contributed by atoms with Gasteiger partial charge in [-0.1, -0.05) is 5.10 Å². The number of hydrogen-bond acceptors (Lipinski definition) is 4. The number of nitrogens with zero attached hydrogens (tertiary/aromatic N) is 6. The molecule has 0 aliphatic rings. The van der Waals surface area contributed by atoms with Crippen LogP contribution in [-0.4, -0.2) is 29.8 Å². The predicted octanol–water partition coefficient (Wildman–Crippen LogP) is -0.604. The van der Waals surface area contributed by atoms with Gasteiger partial charge in [0.1, 0.15) is 6.33 Å². The average Bonchev–Trinajstić information content (AvgIpc) is 2.55. The number of hydrogen-bond donors (Lipinski definition) is 0. The van der Waals surface area contributed by atoms with Crippen molar-refractivity contribution in [2.24, 2.45) is 7.05 Å². The van der Waals surface area contributed by atoms with Gasteiger partial charge in [0, 0.05) is 19.4 Å². The van der Waals surface area contributed by atoms with Gasteiger partial charge in [-0.2, -0.15) is 0 Å². The topological polar surface area (TPSA) is 61.4 Å². The fraction of sp³-hybridized carbons (Fsp3) is 0.200. The zero-order valence-electron chi connectivity index (χ0n) is 5.92. The molecule has 2 heterocycles. The molecule has 0 N–H and O–H groups in total. The molecule has 0 aliphatic heterocycles. The van der Waals surface area contributed by atoms with E-state index in [-0.39, 0.29) is 0 Å². The largest absolute Gasteiger partial charge is 0.273 e. The van der Waals surface area contributed by atoms with E-state index in [1.165, 1.54) is 0 Å². The van der Waals surface area contributed by atoms with Crippen LogP contribution in [0.5, 0.6) is 0 Å². The first-order valence-electron chi connectivity index (χ1n) is 3.08. The van der Waals surface area contributed by atoms with Gasteiger partial charge in [0.15, 0.2) is 0 Å². The fourth-order valence-corrected chi connectivity index (χ4v) is 0.821. The highest BCUT2D eigenvalue weighted by atomic mass is 15.6. The van der Waals surface area contributed by atoms with Crippen LogP contribution in [0.4, 0.5) is 0 Å². The molecule has 6 heteroatoms. The third-order valence-corrected chi connectivity index (χ3v) is 1.33. The van der Waals surface area contributed by atoms with E-state index in [1.54, 1.807) is 35.0 Å². The minimum atomic E-state index is 0.655. The molecule has 0 bridgehead atoms. The third kappa shape index (κ3) is 0.878. The van der Waals surface area contributed by atoms with Gasteiger partial charge in [0.2, 0.25) is 0 Å². The van der Waals surface area contributed by atoms with Crippen LogP contribution in [0.15, 0.2) is 18.7 Å². The maximum absolute atomic E-state index is 3.87. The molecule has 2 rings (SSSR count). The van der Waals surface area contributed by atoms with Crippen LogP contribution < -0.4 is 0 Å². The Morgan fingerprint density at radius 3 is 2.91 bits per heavy atom. The van der Waals surface area contributed by atoms with Crippen LogP contribution in [-0.2, 0) is 7.05 Å². The number of aryl methyl sites for hydroxylation is 1. The van der Waals surface area contributed by atoms with Gasteiger partial charge in [-0.3, -0.25) is 4.57 Å². The second kappa shape index (κ2) is 2.15. The van der Waals surface area contributed by atoms with E-state index in [1.807, 2.05) is 0 Å². The van der Waals surface area contributed by atoms with Crippen molar-refractivity contribution in [3.05, 3.63) is 18.7 Å². The smallest absolute Gasteiger partial charge is 0.254 e.